The van der Waals surface area contributed by atoms with Crippen molar-refractivity contribution in [3.63, 3.8) is 0 Å². The molecule has 1 saturated heterocycles. The third-order valence-electron chi connectivity index (χ3n) is 6.85. The van der Waals surface area contributed by atoms with Crippen molar-refractivity contribution in [3.8, 4) is 0 Å². The summed E-state index contributed by atoms with van der Waals surface area (Å²) in [7, 11) is 0. The highest BCUT2D eigenvalue weighted by Crippen LogP contribution is 2.36. The second-order valence-corrected chi connectivity index (χ2v) is 8.89. The van der Waals surface area contributed by atoms with Crippen molar-refractivity contribution < 1.29 is 9.53 Å². The van der Waals surface area contributed by atoms with Crippen LogP contribution >= 0.6 is 0 Å². The molecule has 4 heteroatoms. The third kappa shape index (κ3) is 5.68. The summed E-state index contributed by atoms with van der Waals surface area (Å²) in [5, 5.41) is 0. The largest absolute Gasteiger partial charge is 0.466 e. The van der Waals surface area contributed by atoms with Crippen molar-refractivity contribution in [2.75, 3.05) is 37.7 Å². The van der Waals surface area contributed by atoms with E-state index in [9.17, 15) is 4.79 Å². The molecule has 0 radical (unpaired) electrons. The van der Waals surface area contributed by atoms with Crippen molar-refractivity contribution in [1.29, 1.82) is 0 Å². The minimum absolute atomic E-state index is 0.0389. The van der Waals surface area contributed by atoms with Crippen LogP contribution in [-0.4, -0.2) is 43.7 Å². The Labute approximate surface area is 187 Å². The van der Waals surface area contributed by atoms with Gasteiger partial charge < -0.3 is 14.5 Å². The summed E-state index contributed by atoms with van der Waals surface area (Å²) in [5.41, 5.74) is 5.68. The number of anilines is 2. The van der Waals surface area contributed by atoms with Crippen molar-refractivity contribution in [2.45, 2.75) is 51.9 Å². The molecule has 0 amide bonds. The van der Waals surface area contributed by atoms with Gasteiger partial charge in [-0.2, -0.15) is 0 Å². The lowest BCUT2D eigenvalue weighted by molar-refractivity contribution is -0.143. The van der Waals surface area contributed by atoms with Crippen LogP contribution in [0.25, 0.3) is 0 Å². The summed E-state index contributed by atoms with van der Waals surface area (Å²) in [4.78, 5) is 16.8. The summed E-state index contributed by atoms with van der Waals surface area (Å²) in [5.74, 6) is 0.632. The van der Waals surface area contributed by atoms with E-state index in [2.05, 4.69) is 58.3 Å². The summed E-state index contributed by atoms with van der Waals surface area (Å²) in [6.45, 7) is 6.87. The van der Waals surface area contributed by atoms with Gasteiger partial charge in [0, 0.05) is 24.3 Å². The fraction of sp³-hybridized carbons (Fsp3) is 0.519. The molecule has 0 saturated carbocycles. The van der Waals surface area contributed by atoms with Crippen LogP contribution in [0.4, 0.5) is 11.4 Å². The molecule has 0 spiro atoms. The molecule has 2 aromatic rings. The van der Waals surface area contributed by atoms with Crippen molar-refractivity contribution in [3.05, 3.63) is 59.7 Å². The van der Waals surface area contributed by atoms with E-state index in [-0.39, 0.29) is 5.97 Å². The normalized spacial score (nSPS) is 17.0. The van der Waals surface area contributed by atoms with E-state index < -0.39 is 0 Å². The van der Waals surface area contributed by atoms with Gasteiger partial charge in [0.25, 0.3) is 0 Å². The van der Waals surface area contributed by atoms with Crippen molar-refractivity contribution in [2.24, 2.45) is 5.92 Å². The molecule has 0 atom stereocenters. The smallest absolute Gasteiger partial charge is 0.305 e. The van der Waals surface area contributed by atoms with Crippen LogP contribution in [0.5, 0.6) is 0 Å². The quantitative estimate of drug-likeness (QED) is 0.538. The number of piperidine rings is 1. The van der Waals surface area contributed by atoms with E-state index in [4.69, 9.17) is 4.74 Å². The first-order valence-electron chi connectivity index (χ1n) is 12.1. The molecule has 166 valence electrons. The molecule has 0 bridgehead atoms. The number of ether oxygens (including phenoxy) is 1. The Balaban J connectivity index is 1.29. The molecule has 1 fully saturated rings. The second kappa shape index (κ2) is 10.8. The maximum absolute atomic E-state index is 11.6. The highest BCUT2D eigenvalue weighted by atomic mass is 16.5. The standard InChI is InChI=1S/C27H36N2O2/c1-2-31-27(30)15-12-22-16-20-28(21-17-22)18-7-19-29-25-10-5-3-8-23(25)13-14-24-9-4-6-11-26(24)29/h3-6,8-11,22H,2,7,12-21H2,1H3. The Morgan fingerprint density at radius 3 is 2.16 bits per heavy atom. The maximum atomic E-state index is 11.6. The number of carbonyl (C=O) groups excluding carboxylic acids is 1. The number of carbonyl (C=O) groups is 1. The zero-order chi connectivity index (χ0) is 21.5. The van der Waals surface area contributed by atoms with Gasteiger partial charge in [-0.25, -0.2) is 0 Å². The minimum atomic E-state index is -0.0389. The Kier molecular flexibility index (Phi) is 7.63. The number of aryl methyl sites for hydroxylation is 2. The molecule has 2 aliphatic heterocycles. The molecule has 0 unspecified atom stereocenters. The maximum Gasteiger partial charge on any atom is 0.305 e. The molecule has 4 rings (SSSR count). The van der Waals surface area contributed by atoms with E-state index in [1.54, 1.807) is 0 Å². The Hall–Kier alpha value is -2.33. The predicted octanol–water partition coefficient (Wildman–Crippen LogP) is 5.37. The van der Waals surface area contributed by atoms with Crippen molar-refractivity contribution in [1.82, 2.24) is 4.90 Å². The Morgan fingerprint density at radius 2 is 1.55 bits per heavy atom. The van der Waals surface area contributed by atoms with Crippen LogP contribution in [0.2, 0.25) is 0 Å². The van der Waals surface area contributed by atoms with Gasteiger partial charge in [-0.3, -0.25) is 4.79 Å². The molecular formula is C27H36N2O2. The van der Waals surface area contributed by atoms with Crippen LogP contribution in [0, 0.1) is 5.92 Å². The highest BCUT2D eigenvalue weighted by Gasteiger charge is 2.22. The lowest BCUT2D eigenvalue weighted by Crippen LogP contribution is -2.35. The van der Waals surface area contributed by atoms with Gasteiger partial charge in [0.1, 0.15) is 0 Å². The first-order chi connectivity index (χ1) is 15.2. The zero-order valence-electron chi connectivity index (χ0n) is 18.9. The van der Waals surface area contributed by atoms with Crippen LogP contribution in [-0.2, 0) is 22.4 Å². The van der Waals surface area contributed by atoms with E-state index >= 15 is 0 Å². The summed E-state index contributed by atoms with van der Waals surface area (Å²) >= 11 is 0. The average molecular weight is 421 g/mol. The summed E-state index contributed by atoms with van der Waals surface area (Å²) in [6, 6.07) is 17.8. The van der Waals surface area contributed by atoms with E-state index in [1.165, 1.54) is 35.3 Å². The monoisotopic (exact) mass is 420 g/mol. The minimum Gasteiger partial charge on any atom is -0.466 e. The topological polar surface area (TPSA) is 32.8 Å². The lowest BCUT2D eigenvalue weighted by Gasteiger charge is -2.33. The average Bonchev–Trinajstić information content (AvgIpc) is 2.96. The van der Waals surface area contributed by atoms with E-state index in [1.807, 2.05) is 6.92 Å². The lowest BCUT2D eigenvalue weighted by atomic mass is 9.92. The van der Waals surface area contributed by atoms with Crippen LogP contribution < -0.4 is 4.90 Å². The fourth-order valence-electron chi connectivity index (χ4n) is 5.12. The first kappa shape index (κ1) is 21.9. The van der Waals surface area contributed by atoms with Crippen LogP contribution in [0.15, 0.2) is 48.5 Å². The van der Waals surface area contributed by atoms with Crippen LogP contribution in [0.3, 0.4) is 0 Å². The number of hydrogen-bond acceptors (Lipinski definition) is 4. The molecule has 2 heterocycles. The zero-order valence-corrected chi connectivity index (χ0v) is 18.9. The van der Waals surface area contributed by atoms with Crippen LogP contribution in [0.1, 0.15) is 50.2 Å². The van der Waals surface area contributed by atoms with Crippen molar-refractivity contribution >= 4 is 17.3 Å². The number of hydrogen-bond donors (Lipinski definition) is 0. The van der Waals surface area contributed by atoms with Gasteiger partial charge in [0.15, 0.2) is 0 Å². The van der Waals surface area contributed by atoms with Gasteiger partial charge in [-0.1, -0.05) is 36.4 Å². The predicted molar refractivity (Wildman–Crippen MR) is 127 cm³/mol. The second-order valence-electron chi connectivity index (χ2n) is 8.89. The SMILES string of the molecule is CCOC(=O)CCC1CCN(CCCN2c3ccccc3CCc3ccccc32)CC1. The molecule has 2 aliphatic rings. The van der Waals surface area contributed by atoms with E-state index in [0.717, 1.165) is 51.9 Å². The Morgan fingerprint density at radius 1 is 0.935 bits per heavy atom. The fourth-order valence-corrected chi connectivity index (χ4v) is 5.12. The van der Waals surface area contributed by atoms with Gasteiger partial charge in [-0.15, -0.1) is 0 Å². The number of esters is 1. The van der Waals surface area contributed by atoms with Gasteiger partial charge in [-0.05, 0) is 94.3 Å². The molecule has 2 aromatic carbocycles. The number of benzene rings is 2. The van der Waals surface area contributed by atoms with E-state index in [0.29, 0.717) is 18.9 Å². The molecule has 0 aliphatic carbocycles. The molecule has 31 heavy (non-hydrogen) atoms. The summed E-state index contributed by atoms with van der Waals surface area (Å²) < 4.78 is 5.07. The first-order valence-corrected chi connectivity index (χ1v) is 12.1. The number of fused-ring (bicyclic) bond motifs is 2. The van der Waals surface area contributed by atoms with Gasteiger partial charge in [0.2, 0.25) is 0 Å². The molecular weight excluding hydrogens is 384 g/mol. The number of rotatable bonds is 8. The van der Waals surface area contributed by atoms with Gasteiger partial charge in [0.05, 0.1) is 6.61 Å². The Bertz CT molecular complexity index is 810. The molecule has 4 nitrogen and oxygen atoms in total. The number of likely N-dealkylation sites (tertiary alicyclic amines) is 1. The number of para-hydroxylation sites is 2. The molecule has 0 aromatic heterocycles. The number of nitrogens with zero attached hydrogens (tertiary/aromatic N) is 2. The summed E-state index contributed by atoms with van der Waals surface area (Å²) in [6.07, 6.45) is 7.35. The molecule has 0 N–H and O–H groups in total. The highest BCUT2D eigenvalue weighted by molar-refractivity contribution is 5.71. The van der Waals surface area contributed by atoms with Gasteiger partial charge >= 0.3 is 5.97 Å². The third-order valence-corrected chi connectivity index (χ3v) is 6.85.